The molecule has 0 saturated heterocycles. The molecule has 0 aliphatic heterocycles. The fourth-order valence-corrected chi connectivity index (χ4v) is 2.42. The summed E-state index contributed by atoms with van der Waals surface area (Å²) < 4.78 is 26.9. The zero-order valence-corrected chi connectivity index (χ0v) is 11.7. The van der Waals surface area contributed by atoms with Crippen LogP contribution in [0.15, 0.2) is 42.3 Å². The Morgan fingerprint density at radius 2 is 2.19 bits per heavy atom. The molecular weight excluding hydrogens is 276 g/mol. The van der Waals surface area contributed by atoms with Gasteiger partial charge in [0.05, 0.1) is 5.56 Å². The third-order valence-corrected chi connectivity index (χ3v) is 3.39. The number of carboxylic acids is 1. The van der Waals surface area contributed by atoms with Gasteiger partial charge in [0.1, 0.15) is 11.6 Å². The lowest BCUT2D eigenvalue weighted by Crippen LogP contribution is -2.25. The zero-order valence-electron chi connectivity index (χ0n) is 11.7. The topological polar surface area (TPSA) is 40.5 Å². The summed E-state index contributed by atoms with van der Waals surface area (Å²) in [6, 6.07) is 3.74. The van der Waals surface area contributed by atoms with E-state index < -0.39 is 11.8 Å². The molecule has 0 fully saturated rings. The van der Waals surface area contributed by atoms with Gasteiger partial charge in [-0.15, -0.1) is 0 Å². The van der Waals surface area contributed by atoms with E-state index in [1.165, 1.54) is 18.2 Å². The van der Waals surface area contributed by atoms with Crippen LogP contribution in [0, 0.1) is 11.7 Å². The molecule has 0 amide bonds. The first-order valence-electron chi connectivity index (χ1n) is 6.70. The van der Waals surface area contributed by atoms with Gasteiger partial charge >= 0.3 is 5.97 Å². The van der Waals surface area contributed by atoms with Gasteiger partial charge in [-0.05, 0) is 49.7 Å². The molecule has 1 unspecified atom stereocenters. The Morgan fingerprint density at radius 3 is 2.86 bits per heavy atom. The van der Waals surface area contributed by atoms with Gasteiger partial charge in [-0.25, -0.2) is 13.6 Å². The molecule has 0 radical (unpaired) electrons. The van der Waals surface area contributed by atoms with Crippen LogP contribution < -0.4 is 0 Å². The van der Waals surface area contributed by atoms with Gasteiger partial charge in [0.15, 0.2) is 0 Å². The fourth-order valence-electron chi connectivity index (χ4n) is 2.42. The third kappa shape index (κ3) is 4.23. The fraction of sp³-hybridized carbons (Fsp3) is 0.312. The second-order valence-corrected chi connectivity index (χ2v) is 5.26. The van der Waals surface area contributed by atoms with Crippen LogP contribution in [-0.4, -0.2) is 29.6 Å². The molecule has 0 spiro atoms. The molecule has 0 saturated carbocycles. The standard InChI is InChI=1S/C16H17F2NO2/c1-19(9-11-3-2-4-14(17)7-11)10-13-8-12(16(20)21)5-6-15(13)18/h2,4-8,11H,3,9-10H2,1H3,(H,20,21). The molecule has 1 aromatic carbocycles. The molecule has 1 aliphatic carbocycles. The molecule has 1 N–H and O–H groups in total. The Hall–Kier alpha value is -2.01. The van der Waals surface area contributed by atoms with Gasteiger partial charge < -0.3 is 10.0 Å². The third-order valence-electron chi connectivity index (χ3n) is 3.39. The van der Waals surface area contributed by atoms with E-state index in [0.717, 1.165) is 12.5 Å². The minimum absolute atomic E-state index is 0.0470. The van der Waals surface area contributed by atoms with Crippen LogP contribution in [0.5, 0.6) is 0 Å². The predicted octanol–water partition coefficient (Wildman–Crippen LogP) is 3.39. The number of hydrogen-bond donors (Lipinski definition) is 1. The minimum atomic E-state index is -1.08. The number of aromatic carboxylic acids is 1. The molecule has 3 nitrogen and oxygen atoms in total. The second-order valence-electron chi connectivity index (χ2n) is 5.26. The minimum Gasteiger partial charge on any atom is -0.478 e. The van der Waals surface area contributed by atoms with Gasteiger partial charge in [0.25, 0.3) is 0 Å². The first kappa shape index (κ1) is 15.4. The van der Waals surface area contributed by atoms with Crippen LogP contribution in [-0.2, 0) is 6.54 Å². The van der Waals surface area contributed by atoms with E-state index in [9.17, 15) is 13.6 Å². The molecule has 0 bridgehead atoms. The lowest BCUT2D eigenvalue weighted by Gasteiger charge is -2.22. The lowest BCUT2D eigenvalue weighted by atomic mass is 9.99. The van der Waals surface area contributed by atoms with Crippen LogP contribution in [0.4, 0.5) is 8.78 Å². The van der Waals surface area contributed by atoms with Crippen molar-refractivity contribution in [2.24, 2.45) is 5.92 Å². The van der Waals surface area contributed by atoms with Crippen molar-refractivity contribution in [3.05, 3.63) is 59.2 Å². The van der Waals surface area contributed by atoms with Crippen LogP contribution >= 0.6 is 0 Å². The summed E-state index contributed by atoms with van der Waals surface area (Å²) in [5.41, 5.74) is 0.388. The first-order chi connectivity index (χ1) is 9.95. The van der Waals surface area contributed by atoms with Gasteiger partial charge in [0, 0.05) is 18.7 Å². The molecule has 1 atom stereocenters. The summed E-state index contributed by atoms with van der Waals surface area (Å²) in [6.07, 6.45) is 5.52. The molecule has 5 heteroatoms. The molecule has 1 aromatic rings. The Labute approximate surface area is 122 Å². The number of nitrogens with zero attached hydrogens (tertiary/aromatic N) is 1. The normalized spacial score (nSPS) is 17.9. The van der Waals surface area contributed by atoms with Gasteiger partial charge in [-0.2, -0.15) is 0 Å². The SMILES string of the molecule is CN(Cc1cc(C(=O)O)ccc1F)CC1C=C(F)C=CC1. The Morgan fingerprint density at radius 1 is 1.43 bits per heavy atom. The molecule has 1 aliphatic rings. The number of halogens is 2. The van der Waals surface area contributed by atoms with Crippen molar-refractivity contribution in [1.29, 1.82) is 0 Å². The average molecular weight is 293 g/mol. The van der Waals surface area contributed by atoms with Crippen molar-refractivity contribution in [2.75, 3.05) is 13.6 Å². The number of allylic oxidation sites excluding steroid dienone is 3. The van der Waals surface area contributed by atoms with E-state index >= 15 is 0 Å². The Kier molecular flexibility index (Phi) is 4.85. The maximum Gasteiger partial charge on any atom is 0.335 e. The van der Waals surface area contributed by atoms with Crippen LogP contribution in [0.25, 0.3) is 0 Å². The largest absolute Gasteiger partial charge is 0.478 e. The zero-order chi connectivity index (χ0) is 15.4. The van der Waals surface area contributed by atoms with Crippen molar-refractivity contribution < 1.29 is 18.7 Å². The van der Waals surface area contributed by atoms with Crippen LogP contribution in [0.3, 0.4) is 0 Å². The summed E-state index contributed by atoms with van der Waals surface area (Å²) in [5.74, 6) is -1.72. The maximum absolute atomic E-state index is 13.7. The monoisotopic (exact) mass is 293 g/mol. The molecule has 0 heterocycles. The van der Waals surface area contributed by atoms with Crippen molar-refractivity contribution in [3.63, 3.8) is 0 Å². The van der Waals surface area contributed by atoms with E-state index in [-0.39, 0.29) is 23.9 Å². The number of benzene rings is 1. The van der Waals surface area contributed by atoms with Crippen molar-refractivity contribution in [1.82, 2.24) is 4.90 Å². The quantitative estimate of drug-likeness (QED) is 0.904. The first-order valence-corrected chi connectivity index (χ1v) is 6.70. The second kappa shape index (κ2) is 6.63. The summed E-state index contributed by atoms with van der Waals surface area (Å²) in [4.78, 5) is 12.8. The summed E-state index contributed by atoms with van der Waals surface area (Å²) >= 11 is 0. The lowest BCUT2D eigenvalue weighted by molar-refractivity contribution is 0.0696. The van der Waals surface area contributed by atoms with Crippen molar-refractivity contribution in [3.8, 4) is 0 Å². The van der Waals surface area contributed by atoms with Crippen molar-refractivity contribution >= 4 is 5.97 Å². The Bertz CT molecular complexity index is 596. The van der Waals surface area contributed by atoms with E-state index in [2.05, 4.69) is 0 Å². The van der Waals surface area contributed by atoms with Crippen molar-refractivity contribution in [2.45, 2.75) is 13.0 Å². The highest BCUT2D eigenvalue weighted by Crippen LogP contribution is 2.20. The maximum atomic E-state index is 13.7. The number of rotatable bonds is 5. The molecule has 112 valence electrons. The van der Waals surface area contributed by atoms with Gasteiger partial charge in [-0.1, -0.05) is 6.08 Å². The number of carboxylic acid groups (broad SMARTS) is 1. The van der Waals surface area contributed by atoms with Gasteiger partial charge in [-0.3, -0.25) is 0 Å². The van der Waals surface area contributed by atoms with E-state index in [1.807, 2.05) is 4.90 Å². The molecular formula is C16H17F2NO2. The van der Waals surface area contributed by atoms with E-state index in [1.54, 1.807) is 19.2 Å². The predicted molar refractivity (Wildman–Crippen MR) is 76.1 cm³/mol. The average Bonchev–Trinajstić information content (AvgIpc) is 2.41. The Balaban J connectivity index is 2.02. The summed E-state index contributed by atoms with van der Waals surface area (Å²) in [6.45, 7) is 0.858. The van der Waals surface area contributed by atoms with Crippen LogP contribution in [0.2, 0.25) is 0 Å². The smallest absolute Gasteiger partial charge is 0.335 e. The number of hydrogen-bond acceptors (Lipinski definition) is 2. The van der Waals surface area contributed by atoms with Crippen LogP contribution in [0.1, 0.15) is 22.3 Å². The van der Waals surface area contributed by atoms with E-state index in [0.29, 0.717) is 12.1 Å². The highest BCUT2D eigenvalue weighted by molar-refractivity contribution is 5.87. The summed E-state index contributed by atoms with van der Waals surface area (Å²) in [7, 11) is 1.80. The highest BCUT2D eigenvalue weighted by Gasteiger charge is 2.15. The molecule has 2 rings (SSSR count). The highest BCUT2D eigenvalue weighted by atomic mass is 19.1. The molecule has 0 aromatic heterocycles. The molecule has 21 heavy (non-hydrogen) atoms. The van der Waals surface area contributed by atoms with E-state index in [4.69, 9.17) is 5.11 Å². The van der Waals surface area contributed by atoms with Gasteiger partial charge in [0.2, 0.25) is 0 Å². The number of carbonyl (C=O) groups is 1. The summed E-state index contributed by atoms with van der Waals surface area (Å²) in [5, 5.41) is 8.93.